The zero-order chi connectivity index (χ0) is 17.9. The van der Waals surface area contributed by atoms with Crippen molar-refractivity contribution >= 4 is 10.0 Å². The summed E-state index contributed by atoms with van der Waals surface area (Å²) in [5.41, 5.74) is 1.11. The maximum atomic E-state index is 12.1. The molecule has 1 saturated heterocycles. The lowest BCUT2D eigenvalue weighted by atomic mass is 9.94. The Kier molecular flexibility index (Phi) is 6.12. The van der Waals surface area contributed by atoms with Gasteiger partial charge in [0.15, 0.2) is 0 Å². The zero-order valence-corrected chi connectivity index (χ0v) is 15.9. The van der Waals surface area contributed by atoms with Crippen LogP contribution in [0.3, 0.4) is 0 Å². The van der Waals surface area contributed by atoms with Crippen molar-refractivity contribution < 1.29 is 13.2 Å². The van der Waals surface area contributed by atoms with E-state index in [4.69, 9.17) is 4.74 Å². The minimum atomic E-state index is -3.36. The summed E-state index contributed by atoms with van der Waals surface area (Å²) in [6.45, 7) is 3.32. The molecule has 3 atom stereocenters. The Morgan fingerprint density at radius 3 is 2.64 bits per heavy atom. The van der Waals surface area contributed by atoms with Crippen LogP contribution in [0.15, 0.2) is 29.2 Å². The van der Waals surface area contributed by atoms with Crippen molar-refractivity contribution in [2.75, 3.05) is 33.9 Å². The van der Waals surface area contributed by atoms with Gasteiger partial charge in [0, 0.05) is 39.3 Å². The molecule has 2 N–H and O–H groups in total. The van der Waals surface area contributed by atoms with Gasteiger partial charge in [-0.3, -0.25) is 0 Å². The van der Waals surface area contributed by atoms with Crippen LogP contribution in [-0.2, 0) is 21.3 Å². The average Bonchev–Trinajstić information content (AvgIpc) is 3.09. The maximum absolute atomic E-state index is 12.1. The van der Waals surface area contributed by atoms with Crippen molar-refractivity contribution in [3.63, 3.8) is 0 Å². The second kappa shape index (κ2) is 8.14. The smallest absolute Gasteiger partial charge is 0.242 e. The molecule has 1 saturated carbocycles. The van der Waals surface area contributed by atoms with Crippen LogP contribution in [0.1, 0.15) is 24.8 Å². The predicted octanol–water partition coefficient (Wildman–Crippen LogP) is 1.18. The highest BCUT2D eigenvalue weighted by Gasteiger charge is 2.34. The highest BCUT2D eigenvalue weighted by molar-refractivity contribution is 7.89. The topological polar surface area (TPSA) is 70.7 Å². The van der Waals surface area contributed by atoms with Crippen LogP contribution in [0.25, 0.3) is 0 Å². The van der Waals surface area contributed by atoms with Crippen molar-refractivity contribution in [1.29, 1.82) is 0 Å². The predicted molar refractivity (Wildman–Crippen MR) is 97.9 cm³/mol. The number of nitrogens with one attached hydrogen (secondary N) is 2. The molecule has 0 aromatic heterocycles. The summed E-state index contributed by atoms with van der Waals surface area (Å²) in [7, 11) is -0.257. The van der Waals surface area contributed by atoms with Gasteiger partial charge in [0.25, 0.3) is 0 Å². The average molecular weight is 368 g/mol. The number of morpholine rings is 1. The van der Waals surface area contributed by atoms with Gasteiger partial charge in [-0.05, 0) is 36.5 Å². The van der Waals surface area contributed by atoms with Gasteiger partial charge < -0.3 is 15.4 Å². The fourth-order valence-electron chi connectivity index (χ4n) is 3.82. The SMILES string of the molecule is CN(C)S(=O)(=O)c1ccc(CNC2CCCC2C2COCCN2)cc1. The Morgan fingerprint density at radius 1 is 1.24 bits per heavy atom. The molecule has 1 aromatic rings. The summed E-state index contributed by atoms with van der Waals surface area (Å²) in [6.07, 6.45) is 3.68. The Balaban J connectivity index is 1.57. The van der Waals surface area contributed by atoms with Crippen LogP contribution < -0.4 is 10.6 Å². The molecular formula is C18H29N3O3S. The minimum Gasteiger partial charge on any atom is -0.379 e. The molecule has 140 valence electrons. The van der Waals surface area contributed by atoms with Crippen molar-refractivity contribution in [3.05, 3.63) is 29.8 Å². The van der Waals surface area contributed by atoms with Crippen LogP contribution >= 0.6 is 0 Å². The normalized spacial score (nSPS) is 27.7. The number of sulfonamides is 1. The maximum Gasteiger partial charge on any atom is 0.242 e. The van der Waals surface area contributed by atoms with E-state index in [2.05, 4.69) is 10.6 Å². The van der Waals surface area contributed by atoms with E-state index in [1.165, 1.54) is 23.6 Å². The van der Waals surface area contributed by atoms with Gasteiger partial charge in [0.1, 0.15) is 0 Å². The molecule has 0 spiro atoms. The molecule has 1 aliphatic heterocycles. The summed E-state index contributed by atoms with van der Waals surface area (Å²) < 4.78 is 31.1. The lowest BCUT2D eigenvalue weighted by molar-refractivity contribution is 0.0524. The van der Waals surface area contributed by atoms with Crippen LogP contribution in [0, 0.1) is 5.92 Å². The van der Waals surface area contributed by atoms with Gasteiger partial charge in [-0.25, -0.2) is 12.7 Å². The summed E-state index contributed by atoms with van der Waals surface area (Å²) >= 11 is 0. The Hall–Kier alpha value is -0.990. The van der Waals surface area contributed by atoms with Crippen LogP contribution in [0.5, 0.6) is 0 Å². The Morgan fingerprint density at radius 2 is 2.00 bits per heavy atom. The largest absolute Gasteiger partial charge is 0.379 e. The summed E-state index contributed by atoms with van der Waals surface area (Å²) in [6, 6.07) is 8.11. The van der Waals surface area contributed by atoms with Crippen LogP contribution in [-0.4, -0.2) is 58.7 Å². The lowest BCUT2D eigenvalue weighted by Gasteiger charge is -2.33. The summed E-state index contributed by atoms with van der Waals surface area (Å²) in [5, 5.41) is 7.26. The third-order valence-electron chi connectivity index (χ3n) is 5.31. The molecule has 3 unspecified atom stereocenters. The summed E-state index contributed by atoms with van der Waals surface area (Å²) in [5.74, 6) is 0.605. The van der Waals surface area contributed by atoms with Crippen LogP contribution in [0.2, 0.25) is 0 Å². The first-order valence-corrected chi connectivity index (χ1v) is 10.5. The third-order valence-corrected chi connectivity index (χ3v) is 7.14. The molecule has 0 bridgehead atoms. The van der Waals surface area contributed by atoms with Crippen molar-refractivity contribution in [2.24, 2.45) is 5.92 Å². The molecule has 0 amide bonds. The van der Waals surface area contributed by atoms with E-state index in [9.17, 15) is 8.42 Å². The highest BCUT2D eigenvalue weighted by atomic mass is 32.2. The third kappa shape index (κ3) is 4.41. The van der Waals surface area contributed by atoms with E-state index < -0.39 is 10.0 Å². The molecule has 0 radical (unpaired) electrons. The molecule has 25 heavy (non-hydrogen) atoms. The molecule has 1 aromatic carbocycles. The van der Waals surface area contributed by atoms with Crippen molar-refractivity contribution in [1.82, 2.24) is 14.9 Å². The standard InChI is InChI=1S/C18H29N3O3S/c1-21(2)25(22,23)15-8-6-14(7-9-15)12-20-17-5-3-4-16(17)18-13-24-11-10-19-18/h6-9,16-20H,3-5,10-13H2,1-2H3. The van der Waals surface area contributed by atoms with Gasteiger partial charge >= 0.3 is 0 Å². The van der Waals surface area contributed by atoms with Gasteiger partial charge in [-0.2, -0.15) is 0 Å². The van der Waals surface area contributed by atoms with Gasteiger partial charge in [-0.1, -0.05) is 18.6 Å². The number of ether oxygens (including phenoxy) is 1. The Bertz CT molecular complexity index is 655. The fourth-order valence-corrected chi connectivity index (χ4v) is 4.73. The number of hydrogen-bond acceptors (Lipinski definition) is 5. The second-order valence-electron chi connectivity index (χ2n) is 7.15. The van der Waals surface area contributed by atoms with Crippen LogP contribution in [0.4, 0.5) is 0 Å². The molecule has 3 rings (SSSR count). The number of hydrogen-bond donors (Lipinski definition) is 2. The Labute approximate surface area is 151 Å². The van der Waals surface area contributed by atoms with E-state index in [1.807, 2.05) is 12.1 Å². The van der Waals surface area contributed by atoms with Gasteiger partial charge in [-0.15, -0.1) is 0 Å². The van der Waals surface area contributed by atoms with E-state index >= 15 is 0 Å². The molecule has 1 aliphatic carbocycles. The number of nitrogens with zero attached hydrogens (tertiary/aromatic N) is 1. The van der Waals surface area contributed by atoms with Crippen molar-refractivity contribution in [3.8, 4) is 0 Å². The molecular weight excluding hydrogens is 338 g/mol. The molecule has 2 aliphatic rings. The zero-order valence-electron chi connectivity index (χ0n) is 15.1. The first kappa shape index (κ1) is 18.8. The fraction of sp³-hybridized carbons (Fsp3) is 0.667. The van der Waals surface area contributed by atoms with E-state index in [0.29, 0.717) is 22.9 Å². The molecule has 6 nitrogen and oxygen atoms in total. The lowest BCUT2D eigenvalue weighted by Crippen LogP contribution is -2.50. The van der Waals surface area contributed by atoms with Crippen molar-refractivity contribution in [2.45, 2.75) is 42.8 Å². The first-order valence-electron chi connectivity index (χ1n) is 9.04. The molecule has 1 heterocycles. The minimum absolute atomic E-state index is 0.337. The van der Waals surface area contributed by atoms with E-state index in [-0.39, 0.29) is 0 Å². The van der Waals surface area contributed by atoms with E-state index in [0.717, 1.165) is 31.9 Å². The second-order valence-corrected chi connectivity index (χ2v) is 9.30. The quantitative estimate of drug-likeness (QED) is 0.790. The molecule has 2 fully saturated rings. The number of rotatable bonds is 6. The summed E-state index contributed by atoms with van der Waals surface area (Å²) in [4.78, 5) is 0.337. The monoisotopic (exact) mass is 367 g/mol. The number of benzene rings is 1. The van der Waals surface area contributed by atoms with E-state index in [1.54, 1.807) is 26.2 Å². The first-order chi connectivity index (χ1) is 12.0. The van der Waals surface area contributed by atoms with Gasteiger partial charge in [0.05, 0.1) is 18.1 Å². The highest BCUT2D eigenvalue weighted by Crippen LogP contribution is 2.29. The van der Waals surface area contributed by atoms with Gasteiger partial charge in [0.2, 0.25) is 10.0 Å². The molecule has 7 heteroatoms.